The average molecular weight is 386 g/mol. The van der Waals surface area contributed by atoms with Gasteiger partial charge in [-0.2, -0.15) is 0 Å². The Morgan fingerprint density at radius 2 is 2.25 bits per heavy atom. The lowest BCUT2D eigenvalue weighted by molar-refractivity contribution is 0.0850. The van der Waals surface area contributed by atoms with Crippen molar-refractivity contribution in [3.63, 3.8) is 0 Å². The summed E-state index contributed by atoms with van der Waals surface area (Å²) in [5.41, 5.74) is 0.640. The number of halogens is 1. The smallest absolute Gasteiger partial charge is 0.255 e. The minimum Gasteiger partial charge on any atom is -0.507 e. The largest absolute Gasteiger partial charge is 0.507 e. The highest BCUT2D eigenvalue weighted by atomic mass is 127. The number of phenolic OH excluding ortho intramolecular Hbond substituents is 1. The molecular weight excluding hydrogens is 367 g/mol. The fourth-order valence-electron chi connectivity index (χ4n) is 3.22. The summed E-state index contributed by atoms with van der Waals surface area (Å²) < 4.78 is 0.950. The first-order valence-electron chi connectivity index (χ1n) is 7.12. The zero-order chi connectivity index (χ0) is 14.2. The van der Waals surface area contributed by atoms with E-state index in [9.17, 15) is 9.90 Å². The zero-order valence-corrected chi connectivity index (χ0v) is 13.4. The molecule has 1 saturated heterocycles. The number of rotatable bonds is 2. The Morgan fingerprint density at radius 1 is 1.45 bits per heavy atom. The Kier molecular flexibility index (Phi) is 3.90. The van der Waals surface area contributed by atoms with Crippen LogP contribution >= 0.6 is 22.6 Å². The van der Waals surface area contributed by atoms with E-state index < -0.39 is 0 Å². The number of carbonyl (C=O) groups is 1. The average Bonchev–Trinajstić information content (AvgIpc) is 2.40. The molecule has 4 nitrogen and oxygen atoms in total. The summed E-state index contributed by atoms with van der Waals surface area (Å²) in [5, 5.41) is 16.5. The van der Waals surface area contributed by atoms with Crippen molar-refractivity contribution in [1.82, 2.24) is 10.6 Å². The maximum Gasteiger partial charge on any atom is 0.255 e. The van der Waals surface area contributed by atoms with Gasteiger partial charge in [-0.1, -0.05) is 0 Å². The van der Waals surface area contributed by atoms with Crippen LogP contribution in [0, 0.1) is 3.57 Å². The molecule has 1 aromatic carbocycles. The molecule has 1 spiro atoms. The lowest BCUT2D eigenvalue weighted by atomic mass is 9.70. The van der Waals surface area contributed by atoms with Crippen molar-refractivity contribution < 1.29 is 9.90 Å². The molecule has 0 bridgehead atoms. The normalized spacial score (nSPS) is 24.1. The molecule has 1 aromatic rings. The van der Waals surface area contributed by atoms with Crippen molar-refractivity contribution in [2.45, 2.75) is 43.7 Å². The molecule has 1 aliphatic heterocycles. The number of amides is 1. The minimum absolute atomic E-state index is 0.0511. The maximum atomic E-state index is 12.3. The summed E-state index contributed by atoms with van der Waals surface area (Å²) >= 11 is 2.15. The van der Waals surface area contributed by atoms with Gasteiger partial charge >= 0.3 is 0 Å². The van der Waals surface area contributed by atoms with Gasteiger partial charge in [0, 0.05) is 15.2 Å². The molecule has 1 aliphatic carbocycles. The molecule has 1 heterocycles. The van der Waals surface area contributed by atoms with Crippen molar-refractivity contribution in [3.05, 3.63) is 27.3 Å². The van der Waals surface area contributed by atoms with Gasteiger partial charge < -0.3 is 15.7 Å². The van der Waals surface area contributed by atoms with Crippen LogP contribution in [-0.4, -0.2) is 29.1 Å². The Bertz CT molecular complexity index is 529. The fourth-order valence-corrected chi connectivity index (χ4v) is 3.71. The molecule has 1 unspecified atom stereocenters. The van der Waals surface area contributed by atoms with E-state index in [4.69, 9.17) is 0 Å². The van der Waals surface area contributed by atoms with E-state index in [-0.39, 0.29) is 23.2 Å². The van der Waals surface area contributed by atoms with Gasteiger partial charge in [0.1, 0.15) is 5.75 Å². The van der Waals surface area contributed by atoms with Crippen LogP contribution in [0.3, 0.4) is 0 Å². The number of phenols is 1. The van der Waals surface area contributed by atoms with E-state index in [1.54, 1.807) is 18.2 Å². The van der Waals surface area contributed by atoms with Gasteiger partial charge in [0.2, 0.25) is 0 Å². The highest BCUT2D eigenvalue weighted by molar-refractivity contribution is 14.1. The Morgan fingerprint density at radius 3 is 2.95 bits per heavy atom. The molecule has 0 radical (unpaired) electrons. The summed E-state index contributed by atoms with van der Waals surface area (Å²) in [6.07, 6.45) is 5.68. The van der Waals surface area contributed by atoms with Crippen LogP contribution in [0.5, 0.6) is 5.75 Å². The van der Waals surface area contributed by atoms with Crippen LogP contribution in [0.25, 0.3) is 0 Å². The highest BCUT2D eigenvalue weighted by Gasteiger charge is 2.41. The van der Waals surface area contributed by atoms with Crippen LogP contribution in [0.2, 0.25) is 0 Å². The molecule has 2 fully saturated rings. The van der Waals surface area contributed by atoms with Gasteiger partial charge in [0.25, 0.3) is 5.91 Å². The fraction of sp³-hybridized carbons (Fsp3) is 0.533. The van der Waals surface area contributed by atoms with Crippen LogP contribution < -0.4 is 10.6 Å². The number of aromatic hydroxyl groups is 1. The molecule has 108 valence electrons. The first-order chi connectivity index (χ1) is 9.58. The third-order valence-electron chi connectivity index (χ3n) is 4.48. The first kappa shape index (κ1) is 14.1. The van der Waals surface area contributed by atoms with Crippen molar-refractivity contribution in [2.75, 3.05) is 6.54 Å². The number of piperidine rings is 1. The predicted molar refractivity (Wildman–Crippen MR) is 85.9 cm³/mol. The van der Waals surface area contributed by atoms with E-state index >= 15 is 0 Å². The molecule has 1 saturated carbocycles. The minimum atomic E-state index is -0.164. The van der Waals surface area contributed by atoms with E-state index in [0.29, 0.717) is 5.56 Å². The third kappa shape index (κ3) is 2.79. The summed E-state index contributed by atoms with van der Waals surface area (Å²) in [4.78, 5) is 12.3. The summed E-state index contributed by atoms with van der Waals surface area (Å²) in [7, 11) is 0. The number of hydrogen-bond acceptors (Lipinski definition) is 3. The van der Waals surface area contributed by atoms with Gasteiger partial charge in [-0.15, -0.1) is 0 Å². The molecule has 1 amide bonds. The van der Waals surface area contributed by atoms with E-state index in [2.05, 4.69) is 33.2 Å². The van der Waals surface area contributed by atoms with Gasteiger partial charge in [0.05, 0.1) is 5.56 Å². The van der Waals surface area contributed by atoms with Crippen molar-refractivity contribution in [1.29, 1.82) is 0 Å². The molecule has 3 rings (SSSR count). The van der Waals surface area contributed by atoms with Crippen molar-refractivity contribution >= 4 is 28.5 Å². The SMILES string of the molecule is O=C(NC1CCNC2(CCC2)C1)c1cc(I)ccc1O. The predicted octanol–water partition coefficient (Wildman–Crippen LogP) is 2.40. The van der Waals surface area contributed by atoms with Crippen molar-refractivity contribution in [2.24, 2.45) is 0 Å². The van der Waals surface area contributed by atoms with Crippen LogP contribution in [0.1, 0.15) is 42.5 Å². The third-order valence-corrected chi connectivity index (χ3v) is 5.15. The van der Waals surface area contributed by atoms with E-state index in [1.807, 2.05) is 0 Å². The molecular formula is C15H19IN2O2. The van der Waals surface area contributed by atoms with E-state index in [1.165, 1.54) is 19.3 Å². The molecule has 5 heteroatoms. The summed E-state index contributed by atoms with van der Waals surface area (Å²) in [6.45, 7) is 0.962. The number of nitrogens with one attached hydrogen (secondary N) is 2. The summed E-state index contributed by atoms with van der Waals surface area (Å²) in [6, 6.07) is 5.31. The lowest BCUT2D eigenvalue weighted by Gasteiger charge is -2.48. The standard InChI is InChI=1S/C15H19IN2O2/c16-10-2-3-13(19)12(8-10)14(20)18-11-4-7-17-15(9-11)5-1-6-15/h2-3,8,11,17,19H,1,4-7,9H2,(H,18,20). The monoisotopic (exact) mass is 386 g/mol. The molecule has 20 heavy (non-hydrogen) atoms. The second kappa shape index (κ2) is 5.52. The number of hydrogen-bond donors (Lipinski definition) is 3. The van der Waals surface area contributed by atoms with Crippen LogP contribution in [0.4, 0.5) is 0 Å². The zero-order valence-electron chi connectivity index (χ0n) is 11.3. The lowest BCUT2D eigenvalue weighted by Crippen LogP contribution is -2.59. The highest BCUT2D eigenvalue weighted by Crippen LogP contribution is 2.38. The molecule has 0 aromatic heterocycles. The maximum absolute atomic E-state index is 12.3. The van der Waals surface area contributed by atoms with Gasteiger partial charge in [-0.05, 0) is 79.4 Å². The quantitative estimate of drug-likeness (QED) is 0.685. The molecule has 2 aliphatic rings. The van der Waals surface area contributed by atoms with Crippen LogP contribution in [-0.2, 0) is 0 Å². The van der Waals surface area contributed by atoms with Crippen LogP contribution in [0.15, 0.2) is 18.2 Å². The molecule has 1 atom stereocenters. The van der Waals surface area contributed by atoms with Gasteiger partial charge in [-0.3, -0.25) is 4.79 Å². The second-order valence-electron chi connectivity index (χ2n) is 5.89. The first-order valence-corrected chi connectivity index (χ1v) is 8.20. The Balaban J connectivity index is 1.67. The second-order valence-corrected chi connectivity index (χ2v) is 7.13. The van der Waals surface area contributed by atoms with Gasteiger partial charge in [-0.25, -0.2) is 0 Å². The topological polar surface area (TPSA) is 61.4 Å². The Hall–Kier alpha value is -0.820. The number of carbonyl (C=O) groups excluding carboxylic acids is 1. The Labute approximate surface area is 132 Å². The van der Waals surface area contributed by atoms with Crippen molar-refractivity contribution in [3.8, 4) is 5.75 Å². The van der Waals surface area contributed by atoms with Gasteiger partial charge in [0.15, 0.2) is 0 Å². The summed E-state index contributed by atoms with van der Waals surface area (Å²) in [5.74, 6) is -0.113. The molecule has 3 N–H and O–H groups in total. The van der Waals surface area contributed by atoms with E-state index in [0.717, 1.165) is 23.0 Å². The number of benzene rings is 1.